The van der Waals surface area contributed by atoms with E-state index in [-0.39, 0.29) is 18.0 Å². The topological polar surface area (TPSA) is 78.9 Å². The van der Waals surface area contributed by atoms with Crippen molar-refractivity contribution >= 4 is 17.7 Å². The van der Waals surface area contributed by atoms with E-state index < -0.39 is 0 Å². The van der Waals surface area contributed by atoms with Crippen LogP contribution in [-0.2, 0) is 4.79 Å². The maximum absolute atomic E-state index is 11.8. The smallest absolute Gasteiger partial charge is 0.242 e. The Bertz CT molecular complexity index is 433. The summed E-state index contributed by atoms with van der Waals surface area (Å²) in [5.41, 5.74) is 0.908. The molecule has 19 heavy (non-hydrogen) atoms. The number of aromatic nitrogens is 2. The number of amides is 1. The van der Waals surface area contributed by atoms with Crippen LogP contribution < -0.4 is 16.0 Å². The van der Waals surface area contributed by atoms with Crippen LogP contribution in [0.3, 0.4) is 0 Å². The van der Waals surface area contributed by atoms with Gasteiger partial charge >= 0.3 is 0 Å². The van der Waals surface area contributed by atoms with Crippen LogP contribution in [-0.4, -0.2) is 34.5 Å². The maximum Gasteiger partial charge on any atom is 0.242 e. The van der Waals surface area contributed by atoms with E-state index in [0.717, 1.165) is 12.1 Å². The zero-order chi connectivity index (χ0) is 14.4. The van der Waals surface area contributed by atoms with Gasteiger partial charge in [0.1, 0.15) is 11.9 Å². The standard InChI is InChI=1S/C13H23N5O/c1-6-14-13-15-7-9(4)11(18-13)17-10(5)12(19)16-8(2)3/h7-8,10H,6H2,1-5H3,(H,16,19)(H2,14,15,17,18). The predicted molar refractivity (Wildman–Crippen MR) is 77.3 cm³/mol. The molecule has 1 aromatic heterocycles. The normalized spacial score (nSPS) is 12.1. The highest BCUT2D eigenvalue weighted by Crippen LogP contribution is 2.13. The first-order valence-electron chi connectivity index (χ1n) is 6.58. The molecule has 0 aromatic carbocycles. The molecule has 0 fully saturated rings. The first-order valence-corrected chi connectivity index (χ1v) is 6.58. The molecule has 1 aromatic rings. The number of anilines is 2. The lowest BCUT2D eigenvalue weighted by atomic mass is 10.2. The molecule has 0 saturated heterocycles. The third-order valence-electron chi connectivity index (χ3n) is 2.48. The first kappa shape index (κ1) is 15.2. The molecule has 1 rings (SSSR count). The Morgan fingerprint density at radius 2 is 2.05 bits per heavy atom. The van der Waals surface area contributed by atoms with Crippen molar-refractivity contribution in [2.75, 3.05) is 17.2 Å². The van der Waals surface area contributed by atoms with Gasteiger partial charge in [-0.2, -0.15) is 4.98 Å². The molecule has 0 aliphatic heterocycles. The van der Waals surface area contributed by atoms with Gasteiger partial charge in [-0.3, -0.25) is 4.79 Å². The number of hydrogen-bond donors (Lipinski definition) is 3. The van der Waals surface area contributed by atoms with Crippen molar-refractivity contribution in [2.45, 2.75) is 46.7 Å². The molecule has 1 amide bonds. The summed E-state index contributed by atoms with van der Waals surface area (Å²) in [4.78, 5) is 20.4. The van der Waals surface area contributed by atoms with Crippen molar-refractivity contribution in [3.63, 3.8) is 0 Å². The van der Waals surface area contributed by atoms with Crippen molar-refractivity contribution in [3.8, 4) is 0 Å². The van der Waals surface area contributed by atoms with Crippen LogP contribution in [0.5, 0.6) is 0 Å². The summed E-state index contributed by atoms with van der Waals surface area (Å²) in [7, 11) is 0. The SMILES string of the molecule is CCNc1ncc(C)c(NC(C)C(=O)NC(C)C)n1. The summed E-state index contributed by atoms with van der Waals surface area (Å²) in [5.74, 6) is 1.20. The minimum atomic E-state index is -0.342. The number of nitrogens with zero attached hydrogens (tertiary/aromatic N) is 2. The second kappa shape index (κ2) is 6.92. The van der Waals surface area contributed by atoms with Crippen LogP contribution in [0.2, 0.25) is 0 Å². The van der Waals surface area contributed by atoms with E-state index in [1.165, 1.54) is 0 Å². The van der Waals surface area contributed by atoms with Gasteiger partial charge in [0.25, 0.3) is 0 Å². The summed E-state index contributed by atoms with van der Waals surface area (Å²) in [5, 5.41) is 9.02. The van der Waals surface area contributed by atoms with Crippen molar-refractivity contribution in [1.29, 1.82) is 0 Å². The van der Waals surface area contributed by atoms with Gasteiger partial charge in [-0.1, -0.05) is 0 Å². The van der Waals surface area contributed by atoms with Gasteiger partial charge in [-0.25, -0.2) is 4.98 Å². The average molecular weight is 265 g/mol. The predicted octanol–water partition coefficient (Wildman–Crippen LogP) is 1.54. The van der Waals surface area contributed by atoms with Crippen molar-refractivity contribution in [2.24, 2.45) is 0 Å². The lowest BCUT2D eigenvalue weighted by molar-refractivity contribution is -0.122. The fourth-order valence-electron chi connectivity index (χ4n) is 1.51. The molecule has 0 aliphatic carbocycles. The van der Waals surface area contributed by atoms with Gasteiger partial charge in [-0.15, -0.1) is 0 Å². The summed E-state index contributed by atoms with van der Waals surface area (Å²) < 4.78 is 0. The second-order valence-electron chi connectivity index (χ2n) is 4.78. The number of carbonyl (C=O) groups excluding carboxylic acids is 1. The fourth-order valence-corrected chi connectivity index (χ4v) is 1.51. The van der Waals surface area contributed by atoms with Gasteiger partial charge < -0.3 is 16.0 Å². The van der Waals surface area contributed by atoms with E-state index in [9.17, 15) is 4.79 Å². The lowest BCUT2D eigenvalue weighted by Crippen LogP contribution is -2.41. The highest BCUT2D eigenvalue weighted by atomic mass is 16.2. The summed E-state index contributed by atoms with van der Waals surface area (Å²) in [6.07, 6.45) is 1.74. The molecular weight excluding hydrogens is 242 g/mol. The van der Waals surface area contributed by atoms with E-state index in [2.05, 4.69) is 25.9 Å². The Morgan fingerprint density at radius 3 is 2.63 bits per heavy atom. The highest BCUT2D eigenvalue weighted by Gasteiger charge is 2.15. The Balaban J connectivity index is 2.75. The summed E-state index contributed by atoms with van der Waals surface area (Å²) in [6.45, 7) is 10.3. The van der Waals surface area contributed by atoms with Gasteiger partial charge in [0.15, 0.2) is 0 Å². The van der Waals surface area contributed by atoms with E-state index >= 15 is 0 Å². The molecule has 6 nitrogen and oxygen atoms in total. The van der Waals surface area contributed by atoms with E-state index in [4.69, 9.17) is 0 Å². The van der Waals surface area contributed by atoms with Crippen LogP contribution in [0.4, 0.5) is 11.8 Å². The largest absolute Gasteiger partial charge is 0.358 e. The van der Waals surface area contributed by atoms with E-state index in [1.54, 1.807) is 6.20 Å². The fraction of sp³-hybridized carbons (Fsp3) is 0.615. The van der Waals surface area contributed by atoms with E-state index in [1.807, 2.05) is 34.6 Å². The zero-order valence-corrected chi connectivity index (χ0v) is 12.2. The first-order chi connectivity index (χ1) is 8.93. The molecule has 6 heteroatoms. The van der Waals surface area contributed by atoms with Crippen molar-refractivity contribution in [3.05, 3.63) is 11.8 Å². The summed E-state index contributed by atoms with van der Waals surface area (Å²) in [6, 6.07) is -0.217. The van der Waals surface area contributed by atoms with Crippen molar-refractivity contribution in [1.82, 2.24) is 15.3 Å². The molecule has 1 unspecified atom stereocenters. The summed E-state index contributed by atoms with van der Waals surface area (Å²) >= 11 is 0. The van der Waals surface area contributed by atoms with Crippen LogP contribution in [0.15, 0.2) is 6.20 Å². The van der Waals surface area contributed by atoms with Gasteiger partial charge in [0.2, 0.25) is 11.9 Å². The highest BCUT2D eigenvalue weighted by molar-refractivity contribution is 5.84. The molecule has 1 heterocycles. The number of rotatable bonds is 6. The van der Waals surface area contributed by atoms with Crippen LogP contribution in [0.25, 0.3) is 0 Å². The van der Waals surface area contributed by atoms with Crippen LogP contribution in [0, 0.1) is 6.92 Å². The lowest BCUT2D eigenvalue weighted by Gasteiger charge is -2.18. The molecule has 3 N–H and O–H groups in total. The van der Waals surface area contributed by atoms with Crippen LogP contribution >= 0.6 is 0 Å². The molecular formula is C13H23N5O. The minimum Gasteiger partial charge on any atom is -0.358 e. The molecule has 0 saturated carbocycles. The Morgan fingerprint density at radius 1 is 1.37 bits per heavy atom. The number of nitrogens with one attached hydrogen (secondary N) is 3. The van der Waals surface area contributed by atoms with E-state index in [0.29, 0.717) is 11.8 Å². The second-order valence-corrected chi connectivity index (χ2v) is 4.78. The van der Waals surface area contributed by atoms with Gasteiger partial charge in [-0.05, 0) is 34.6 Å². The third kappa shape index (κ3) is 4.73. The van der Waals surface area contributed by atoms with Crippen molar-refractivity contribution < 1.29 is 4.79 Å². The zero-order valence-electron chi connectivity index (χ0n) is 12.2. The Kier molecular flexibility index (Phi) is 5.54. The van der Waals surface area contributed by atoms with Crippen LogP contribution in [0.1, 0.15) is 33.3 Å². The molecule has 0 radical (unpaired) electrons. The third-order valence-corrected chi connectivity index (χ3v) is 2.48. The van der Waals surface area contributed by atoms with Gasteiger partial charge in [0, 0.05) is 24.3 Å². The monoisotopic (exact) mass is 265 g/mol. The number of aryl methyl sites for hydroxylation is 1. The molecule has 1 atom stereocenters. The average Bonchev–Trinajstić information content (AvgIpc) is 2.32. The number of carbonyl (C=O) groups is 1. The Labute approximate surface area is 114 Å². The van der Waals surface area contributed by atoms with Gasteiger partial charge in [0.05, 0.1) is 0 Å². The minimum absolute atomic E-state index is 0.0435. The quantitative estimate of drug-likeness (QED) is 0.727. The molecule has 0 bridgehead atoms. The molecule has 106 valence electrons. The molecule has 0 aliphatic rings. The number of hydrogen-bond acceptors (Lipinski definition) is 5. The Hall–Kier alpha value is -1.85. The maximum atomic E-state index is 11.8. The molecule has 0 spiro atoms.